The molecule has 0 N–H and O–H groups in total. The largest absolute Gasteiger partial charge is 0.497 e. The van der Waals surface area contributed by atoms with Crippen LogP contribution in [0.1, 0.15) is 37.2 Å². The Morgan fingerprint density at radius 2 is 2.11 bits per heavy atom. The average Bonchev–Trinajstić information content (AvgIpc) is 2.96. The fraction of sp³-hybridized carbons (Fsp3) is 0.455. The van der Waals surface area contributed by atoms with Gasteiger partial charge in [0.2, 0.25) is 0 Å². The number of aromatic nitrogens is 1. The number of hydrogen-bond acceptors (Lipinski definition) is 4. The van der Waals surface area contributed by atoms with Gasteiger partial charge in [0.15, 0.2) is 0 Å². The molecule has 2 aliphatic rings. The smallest absolute Gasteiger partial charge is 0.272 e. The number of benzene rings is 1. The van der Waals surface area contributed by atoms with E-state index in [2.05, 4.69) is 23.7 Å². The molecule has 1 aromatic heterocycles. The predicted molar refractivity (Wildman–Crippen MR) is 106 cm³/mol. The average molecular weight is 383 g/mol. The van der Waals surface area contributed by atoms with Gasteiger partial charge in [0.05, 0.1) is 7.11 Å². The molecule has 3 heterocycles. The fourth-order valence-corrected chi connectivity index (χ4v) is 4.92. The minimum atomic E-state index is -0.214. The Hall–Kier alpha value is -2.63. The van der Waals surface area contributed by atoms with Crippen LogP contribution in [0.15, 0.2) is 42.6 Å². The topological polar surface area (TPSA) is 45.7 Å². The van der Waals surface area contributed by atoms with Crippen LogP contribution < -0.4 is 9.64 Å². The van der Waals surface area contributed by atoms with Crippen molar-refractivity contribution < 1.29 is 13.9 Å². The first kappa shape index (κ1) is 18.7. The summed E-state index contributed by atoms with van der Waals surface area (Å²) in [5, 5.41) is 0. The predicted octanol–water partition coefficient (Wildman–Crippen LogP) is 3.75. The standard InChI is InChI=1S/C22H26FN3O2/c1-22(2)13-15-14-25(21(27)19-12-18(28-3)7-9-24-19)10-8-20(15)26(22)17-6-4-5-16(23)11-17/h4-7,9,11-12,15,20H,8,10,13-14H2,1-3H3/t15-,20+/m1/s1. The van der Waals surface area contributed by atoms with E-state index in [-0.39, 0.29) is 17.3 Å². The number of carbonyl (C=O) groups is 1. The summed E-state index contributed by atoms with van der Waals surface area (Å²) in [6.45, 7) is 5.76. The first-order valence-corrected chi connectivity index (χ1v) is 9.73. The van der Waals surface area contributed by atoms with Gasteiger partial charge in [-0.1, -0.05) is 6.07 Å². The molecule has 2 aliphatic heterocycles. The third-order valence-corrected chi connectivity index (χ3v) is 6.00. The zero-order valence-corrected chi connectivity index (χ0v) is 16.6. The number of pyridine rings is 1. The van der Waals surface area contributed by atoms with Crippen molar-refractivity contribution in [3.8, 4) is 5.75 Å². The highest BCUT2D eigenvalue weighted by molar-refractivity contribution is 5.92. The number of anilines is 1. The molecule has 0 bridgehead atoms. The first-order valence-electron chi connectivity index (χ1n) is 9.73. The van der Waals surface area contributed by atoms with Gasteiger partial charge in [-0.3, -0.25) is 9.78 Å². The Kier molecular flexibility index (Phi) is 4.73. The summed E-state index contributed by atoms with van der Waals surface area (Å²) >= 11 is 0. The number of amides is 1. The van der Waals surface area contributed by atoms with Crippen molar-refractivity contribution >= 4 is 11.6 Å². The highest BCUT2D eigenvalue weighted by Crippen LogP contribution is 2.44. The molecule has 6 heteroatoms. The molecule has 4 rings (SSSR count). The van der Waals surface area contributed by atoms with E-state index in [1.165, 1.54) is 6.07 Å². The summed E-state index contributed by atoms with van der Waals surface area (Å²) in [6.07, 6.45) is 3.42. The Labute approximate surface area is 165 Å². The third-order valence-electron chi connectivity index (χ3n) is 6.00. The molecule has 0 unspecified atom stereocenters. The molecule has 2 fully saturated rings. The second kappa shape index (κ2) is 7.08. The second-order valence-corrected chi connectivity index (χ2v) is 8.31. The van der Waals surface area contributed by atoms with Crippen molar-refractivity contribution in [2.45, 2.75) is 38.3 Å². The number of carbonyl (C=O) groups excluding carboxylic acids is 1. The highest BCUT2D eigenvalue weighted by atomic mass is 19.1. The van der Waals surface area contributed by atoms with Gasteiger partial charge in [0.25, 0.3) is 5.91 Å². The molecule has 0 radical (unpaired) electrons. The van der Waals surface area contributed by atoms with Crippen LogP contribution in [0.4, 0.5) is 10.1 Å². The minimum Gasteiger partial charge on any atom is -0.497 e. The number of ether oxygens (including phenoxy) is 1. The number of likely N-dealkylation sites (tertiary alicyclic amines) is 1. The number of halogens is 1. The maximum absolute atomic E-state index is 13.8. The molecule has 0 spiro atoms. The lowest BCUT2D eigenvalue weighted by Gasteiger charge is -2.41. The summed E-state index contributed by atoms with van der Waals surface area (Å²) in [7, 11) is 1.58. The van der Waals surface area contributed by atoms with Crippen LogP contribution >= 0.6 is 0 Å². The van der Waals surface area contributed by atoms with Crippen LogP contribution in [-0.2, 0) is 0 Å². The minimum absolute atomic E-state index is 0.0561. The number of rotatable bonds is 3. The van der Waals surface area contributed by atoms with Crippen molar-refractivity contribution in [3.05, 3.63) is 54.1 Å². The Morgan fingerprint density at radius 3 is 2.86 bits per heavy atom. The molecular weight excluding hydrogens is 357 g/mol. The molecule has 2 aromatic rings. The van der Waals surface area contributed by atoms with Gasteiger partial charge in [-0.2, -0.15) is 0 Å². The normalized spacial score (nSPS) is 23.4. The Morgan fingerprint density at radius 1 is 1.29 bits per heavy atom. The number of methoxy groups -OCH3 is 1. The van der Waals surface area contributed by atoms with Gasteiger partial charge in [-0.25, -0.2) is 4.39 Å². The maximum Gasteiger partial charge on any atom is 0.272 e. The van der Waals surface area contributed by atoms with Gasteiger partial charge >= 0.3 is 0 Å². The third kappa shape index (κ3) is 3.32. The van der Waals surface area contributed by atoms with Gasteiger partial charge in [0, 0.05) is 42.6 Å². The molecule has 2 atom stereocenters. The number of hydrogen-bond donors (Lipinski definition) is 0. The van der Waals surface area contributed by atoms with Crippen molar-refractivity contribution in [1.29, 1.82) is 0 Å². The Balaban J connectivity index is 1.54. The zero-order valence-electron chi connectivity index (χ0n) is 16.6. The lowest BCUT2D eigenvalue weighted by atomic mass is 9.89. The van der Waals surface area contributed by atoms with Crippen molar-refractivity contribution in [3.63, 3.8) is 0 Å². The number of nitrogens with zero attached hydrogens (tertiary/aromatic N) is 3. The van der Waals surface area contributed by atoms with Gasteiger partial charge in [-0.15, -0.1) is 0 Å². The molecule has 5 nitrogen and oxygen atoms in total. The van der Waals surface area contributed by atoms with Crippen LogP contribution in [0.5, 0.6) is 5.75 Å². The fourth-order valence-electron chi connectivity index (χ4n) is 4.92. The Bertz CT molecular complexity index is 886. The van der Waals surface area contributed by atoms with Crippen LogP contribution in [0.3, 0.4) is 0 Å². The van der Waals surface area contributed by atoms with Crippen molar-refractivity contribution in [2.75, 3.05) is 25.1 Å². The van der Waals surface area contributed by atoms with Gasteiger partial charge in [-0.05, 0) is 56.9 Å². The van der Waals surface area contributed by atoms with Crippen LogP contribution in [0.25, 0.3) is 0 Å². The van der Waals surface area contributed by atoms with E-state index in [9.17, 15) is 9.18 Å². The molecule has 2 saturated heterocycles. The second-order valence-electron chi connectivity index (χ2n) is 8.31. The van der Waals surface area contributed by atoms with Gasteiger partial charge < -0.3 is 14.5 Å². The summed E-state index contributed by atoms with van der Waals surface area (Å²) < 4.78 is 19.0. The van der Waals surface area contributed by atoms with E-state index in [4.69, 9.17) is 4.74 Å². The summed E-state index contributed by atoms with van der Waals surface area (Å²) in [6, 6.07) is 10.6. The summed E-state index contributed by atoms with van der Waals surface area (Å²) in [5.74, 6) is 0.710. The van der Waals surface area contributed by atoms with Crippen LogP contribution in [0.2, 0.25) is 0 Å². The van der Waals surface area contributed by atoms with Crippen molar-refractivity contribution in [1.82, 2.24) is 9.88 Å². The summed E-state index contributed by atoms with van der Waals surface area (Å²) in [5.41, 5.74) is 1.25. The summed E-state index contributed by atoms with van der Waals surface area (Å²) in [4.78, 5) is 21.4. The molecular formula is C22H26FN3O2. The molecule has 0 aliphatic carbocycles. The molecule has 148 valence electrons. The monoisotopic (exact) mass is 383 g/mol. The molecule has 1 aromatic carbocycles. The van der Waals surface area contributed by atoms with E-state index in [0.29, 0.717) is 36.5 Å². The van der Waals surface area contributed by atoms with E-state index >= 15 is 0 Å². The quantitative estimate of drug-likeness (QED) is 0.810. The van der Waals surface area contributed by atoms with E-state index in [1.807, 2.05) is 11.0 Å². The molecule has 0 saturated carbocycles. The first-order chi connectivity index (χ1) is 13.4. The maximum atomic E-state index is 13.8. The highest BCUT2D eigenvalue weighted by Gasteiger charge is 2.48. The van der Waals surface area contributed by atoms with E-state index < -0.39 is 0 Å². The lowest BCUT2D eigenvalue weighted by Crippen LogP contribution is -2.50. The van der Waals surface area contributed by atoms with Crippen LogP contribution in [0, 0.1) is 11.7 Å². The van der Waals surface area contributed by atoms with Crippen molar-refractivity contribution in [2.24, 2.45) is 5.92 Å². The SMILES string of the molecule is COc1ccnc(C(=O)N2CC[C@H]3[C@@H](C2)CC(C)(C)N3c2cccc(F)c2)c1. The van der Waals surface area contributed by atoms with Gasteiger partial charge in [0.1, 0.15) is 17.3 Å². The van der Waals surface area contributed by atoms with E-state index in [0.717, 1.165) is 18.5 Å². The number of piperidine rings is 1. The van der Waals surface area contributed by atoms with Crippen LogP contribution in [-0.4, -0.2) is 47.6 Å². The number of fused-ring (bicyclic) bond motifs is 1. The molecule has 28 heavy (non-hydrogen) atoms. The lowest BCUT2D eigenvalue weighted by molar-refractivity contribution is 0.0661. The zero-order chi connectivity index (χ0) is 19.9. The van der Waals surface area contributed by atoms with E-state index in [1.54, 1.807) is 37.6 Å². The molecule has 1 amide bonds.